The zero-order chi connectivity index (χ0) is 12.6. The Morgan fingerprint density at radius 3 is 2.47 bits per heavy atom. The van der Waals surface area contributed by atoms with E-state index in [0.29, 0.717) is 12.3 Å². The van der Waals surface area contributed by atoms with Crippen LogP contribution in [0.3, 0.4) is 0 Å². The summed E-state index contributed by atoms with van der Waals surface area (Å²) in [6, 6.07) is 0. The monoisotopic (exact) mass is 296 g/mol. The lowest BCUT2D eigenvalue weighted by Gasteiger charge is -2.29. The van der Waals surface area contributed by atoms with E-state index in [9.17, 15) is 4.57 Å². The summed E-state index contributed by atoms with van der Waals surface area (Å²) in [6.07, 6.45) is 5.97. The Bertz CT molecular complexity index is 243. The van der Waals surface area contributed by atoms with E-state index in [1.165, 1.54) is 19.3 Å². The molecule has 0 N–H and O–H groups in total. The summed E-state index contributed by atoms with van der Waals surface area (Å²) < 4.78 is 18.5. The number of hydrogen-bond acceptors (Lipinski definition) is 4. The second kappa shape index (κ2) is 8.90. The largest absolute Gasteiger partial charge is 0.321 e. The smallest absolute Gasteiger partial charge is 0.260 e. The van der Waals surface area contributed by atoms with Gasteiger partial charge in [0.05, 0.1) is 6.61 Å². The highest BCUT2D eigenvalue weighted by Gasteiger charge is 2.35. The Morgan fingerprint density at radius 1 is 1.18 bits per heavy atom. The van der Waals surface area contributed by atoms with E-state index in [4.69, 9.17) is 4.52 Å². The summed E-state index contributed by atoms with van der Waals surface area (Å²) >= 11 is 3.52. The maximum Gasteiger partial charge on any atom is 0.260 e. The first-order chi connectivity index (χ1) is 8.23. The lowest BCUT2D eigenvalue weighted by atomic mass is 10.0. The van der Waals surface area contributed by atoms with Crippen LogP contribution in [0.4, 0.5) is 0 Å². The second-order valence-corrected chi connectivity index (χ2v) is 10.7. The molecule has 0 amide bonds. The number of hydrogen-bond donors (Lipinski definition) is 0. The van der Waals surface area contributed by atoms with Crippen molar-refractivity contribution < 1.29 is 9.09 Å². The highest BCUT2D eigenvalue weighted by Crippen LogP contribution is 2.66. The third kappa shape index (κ3) is 5.59. The summed E-state index contributed by atoms with van der Waals surface area (Å²) in [5.74, 6) is 3.19. The first-order valence-electron chi connectivity index (χ1n) is 6.69. The average molecular weight is 296 g/mol. The highest BCUT2D eigenvalue weighted by molar-refractivity contribution is 8.56. The molecule has 0 aromatic heterocycles. The van der Waals surface area contributed by atoms with Crippen molar-refractivity contribution in [2.75, 3.05) is 23.9 Å². The summed E-state index contributed by atoms with van der Waals surface area (Å²) in [5.41, 5.74) is 0.327. The molecule has 1 rings (SSSR count). The molecule has 0 aliphatic heterocycles. The Morgan fingerprint density at radius 2 is 1.88 bits per heavy atom. The van der Waals surface area contributed by atoms with Crippen LogP contribution in [0.25, 0.3) is 0 Å². The van der Waals surface area contributed by atoms with Crippen LogP contribution in [0.2, 0.25) is 0 Å². The van der Waals surface area contributed by atoms with Crippen molar-refractivity contribution in [1.82, 2.24) is 0 Å². The van der Waals surface area contributed by atoms with Crippen LogP contribution in [0.15, 0.2) is 0 Å². The van der Waals surface area contributed by atoms with E-state index in [-0.39, 0.29) is 0 Å². The van der Waals surface area contributed by atoms with Gasteiger partial charge in [0.1, 0.15) is 0 Å². The van der Waals surface area contributed by atoms with Crippen molar-refractivity contribution in [3.63, 3.8) is 0 Å². The first kappa shape index (κ1) is 15.9. The number of rotatable bonds is 8. The van der Waals surface area contributed by atoms with Gasteiger partial charge in [-0.25, -0.2) is 0 Å². The molecule has 0 radical (unpaired) electrons. The van der Waals surface area contributed by atoms with Crippen LogP contribution >= 0.6 is 29.7 Å². The van der Waals surface area contributed by atoms with Gasteiger partial charge in [-0.1, -0.05) is 37.6 Å². The van der Waals surface area contributed by atoms with Crippen LogP contribution in [0.5, 0.6) is 0 Å². The quantitative estimate of drug-likeness (QED) is 0.463. The third-order valence-corrected chi connectivity index (χ3v) is 9.81. The van der Waals surface area contributed by atoms with Crippen molar-refractivity contribution in [3.8, 4) is 0 Å². The molecule has 1 unspecified atom stereocenters. The number of thioether (sulfide) groups is 1. The van der Waals surface area contributed by atoms with Gasteiger partial charge in [-0.15, -0.1) is 0 Å². The third-order valence-electron chi connectivity index (χ3n) is 3.03. The predicted molar refractivity (Wildman–Crippen MR) is 81.6 cm³/mol. The Kier molecular flexibility index (Phi) is 8.35. The van der Waals surface area contributed by atoms with Gasteiger partial charge in [-0.05, 0) is 25.5 Å². The summed E-state index contributed by atoms with van der Waals surface area (Å²) in [4.78, 5) is 0. The standard InChI is InChI=1S/C12H25O2PS2/c1-3-14-15(13,17-11-10-16-4-2)12-8-6-5-7-9-12/h12H,3-11H2,1-2H3. The van der Waals surface area contributed by atoms with Gasteiger partial charge in [0, 0.05) is 17.2 Å². The first-order valence-corrected chi connectivity index (χ1v) is 11.1. The molecule has 1 atom stereocenters. The lowest BCUT2D eigenvalue weighted by molar-refractivity contribution is 0.328. The molecular weight excluding hydrogens is 271 g/mol. The Balaban J connectivity index is 2.45. The molecule has 0 saturated heterocycles. The van der Waals surface area contributed by atoms with Gasteiger partial charge in [0.15, 0.2) is 0 Å². The van der Waals surface area contributed by atoms with Crippen LogP contribution in [0.1, 0.15) is 46.0 Å². The molecule has 0 spiro atoms. The van der Waals surface area contributed by atoms with Crippen LogP contribution in [-0.4, -0.2) is 29.5 Å². The van der Waals surface area contributed by atoms with Crippen molar-refractivity contribution in [2.45, 2.75) is 51.6 Å². The van der Waals surface area contributed by atoms with Crippen molar-refractivity contribution >= 4 is 29.7 Å². The average Bonchev–Trinajstić information content (AvgIpc) is 2.36. The molecular formula is C12H25O2PS2. The predicted octanol–water partition coefficient (Wildman–Crippen LogP) is 5.04. The molecule has 0 bridgehead atoms. The van der Waals surface area contributed by atoms with Crippen LogP contribution < -0.4 is 0 Å². The van der Waals surface area contributed by atoms with Crippen molar-refractivity contribution in [3.05, 3.63) is 0 Å². The van der Waals surface area contributed by atoms with Gasteiger partial charge in [-0.2, -0.15) is 11.8 Å². The molecule has 1 saturated carbocycles. The molecule has 2 nitrogen and oxygen atoms in total. The zero-order valence-corrected chi connectivity index (χ0v) is 13.5. The van der Waals surface area contributed by atoms with E-state index in [1.807, 2.05) is 18.7 Å². The molecule has 0 aromatic carbocycles. The van der Waals surface area contributed by atoms with Crippen molar-refractivity contribution in [2.24, 2.45) is 0 Å². The maximum atomic E-state index is 12.9. The Labute approximate surface area is 114 Å². The highest BCUT2D eigenvalue weighted by atomic mass is 32.7. The molecule has 1 aliphatic rings. The summed E-state index contributed by atoms with van der Waals surface area (Å²) in [7, 11) is 0. The van der Waals surface area contributed by atoms with Gasteiger partial charge in [-0.3, -0.25) is 4.57 Å². The normalized spacial score (nSPS) is 21.3. The fourth-order valence-electron chi connectivity index (χ4n) is 2.19. The van der Waals surface area contributed by atoms with Gasteiger partial charge < -0.3 is 4.52 Å². The molecule has 17 heavy (non-hydrogen) atoms. The topological polar surface area (TPSA) is 26.3 Å². The zero-order valence-electron chi connectivity index (χ0n) is 11.0. The van der Waals surface area contributed by atoms with Crippen LogP contribution in [0, 0.1) is 0 Å². The molecule has 1 aliphatic carbocycles. The molecule has 102 valence electrons. The molecule has 5 heteroatoms. The lowest BCUT2D eigenvalue weighted by Crippen LogP contribution is -2.13. The molecule has 0 aromatic rings. The minimum Gasteiger partial charge on any atom is -0.321 e. The fourth-order valence-corrected chi connectivity index (χ4v) is 8.60. The Hall–Kier alpha value is 0.890. The van der Waals surface area contributed by atoms with E-state index in [2.05, 4.69) is 6.92 Å². The van der Waals surface area contributed by atoms with Gasteiger partial charge >= 0.3 is 0 Å². The van der Waals surface area contributed by atoms with E-state index < -0.39 is 6.57 Å². The van der Waals surface area contributed by atoms with Gasteiger partial charge in [0.2, 0.25) is 0 Å². The molecule has 0 heterocycles. The maximum absolute atomic E-state index is 12.9. The van der Waals surface area contributed by atoms with Crippen molar-refractivity contribution in [1.29, 1.82) is 0 Å². The van der Waals surface area contributed by atoms with E-state index in [0.717, 1.165) is 30.1 Å². The minimum atomic E-state index is -2.43. The van der Waals surface area contributed by atoms with Gasteiger partial charge in [0.25, 0.3) is 6.57 Å². The van der Waals surface area contributed by atoms with E-state index >= 15 is 0 Å². The molecule has 1 fully saturated rings. The SMILES string of the molecule is CCOP(=O)(SCCSCC)C1CCCCC1. The second-order valence-electron chi connectivity index (χ2n) is 4.28. The van der Waals surface area contributed by atoms with E-state index in [1.54, 1.807) is 11.4 Å². The minimum absolute atomic E-state index is 0.327. The summed E-state index contributed by atoms with van der Waals surface area (Å²) in [5, 5.41) is 0. The fraction of sp³-hybridized carbons (Fsp3) is 1.00. The van der Waals surface area contributed by atoms with Crippen LogP contribution in [-0.2, 0) is 9.09 Å². The summed E-state index contributed by atoms with van der Waals surface area (Å²) in [6.45, 7) is 2.27.